The summed E-state index contributed by atoms with van der Waals surface area (Å²) in [5.41, 5.74) is 5.69. The first kappa shape index (κ1) is 16.6. The fourth-order valence-corrected chi connectivity index (χ4v) is 1.96. The van der Waals surface area contributed by atoms with Crippen LogP contribution in [0.25, 0.3) is 0 Å². The van der Waals surface area contributed by atoms with E-state index >= 15 is 0 Å². The smallest absolute Gasteiger partial charge is 0.241 e. The van der Waals surface area contributed by atoms with E-state index < -0.39 is 6.04 Å². The molecule has 0 bridgehead atoms. The molecular weight excluding hydrogens is 244 g/mol. The molecule has 17 heavy (non-hydrogen) atoms. The number of nitrogens with two attached hydrogens (primary N) is 1. The maximum absolute atomic E-state index is 11.8. The zero-order valence-corrected chi connectivity index (χ0v) is 11.4. The van der Waals surface area contributed by atoms with Crippen molar-refractivity contribution >= 4 is 18.3 Å². The fraction of sp³-hybridized carbons (Fsp3) is 0.909. The number of hydrogen-bond acceptors (Lipinski definition) is 4. The Balaban J connectivity index is 0.00000256. The van der Waals surface area contributed by atoms with Gasteiger partial charge < -0.3 is 20.1 Å². The van der Waals surface area contributed by atoms with Gasteiger partial charge >= 0.3 is 0 Å². The van der Waals surface area contributed by atoms with E-state index in [1.165, 1.54) is 0 Å². The van der Waals surface area contributed by atoms with Gasteiger partial charge in [0.05, 0.1) is 13.2 Å². The predicted octanol–water partition coefficient (Wildman–Crippen LogP) is 0.267. The summed E-state index contributed by atoms with van der Waals surface area (Å²) in [6.07, 6.45) is 2.20. The number of ether oxygens (including phenoxy) is 2. The van der Waals surface area contributed by atoms with Gasteiger partial charge in [-0.1, -0.05) is 0 Å². The number of carbonyl (C=O) groups is 1. The van der Waals surface area contributed by atoms with Crippen molar-refractivity contribution in [1.82, 2.24) is 4.90 Å². The number of carbonyl (C=O) groups excluding carboxylic acids is 1. The number of likely N-dealkylation sites (N-methyl/N-ethyl adjacent to an activating group) is 1. The minimum absolute atomic E-state index is 0. The normalized spacial score (nSPS) is 21.5. The highest BCUT2D eigenvalue weighted by Gasteiger charge is 2.22. The largest absolute Gasteiger partial charge is 0.383 e. The van der Waals surface area contributed by atoms with Gasteiger partial charge in [0.1, 0.15) is 6.04 Å². The molecule has 5 nitrogen and oxygen atoms in total. The van der Waals surface area contributed by atoms with Crippen LogP contribution in [0.15, 0.2) is 0 Å². The molecule has 2 unspecified atom stereocenters. The fourth-order valence-electron chi connectivity index (χ4n) is 1.96. The van der Waals surface area contributed by atoms with Crippen molar-refractivity contribution in [2.24, 2.45) is 11.7 Å². The van der Waals surface area contributed by atoms with Crippen molar-refractivity contribution in [2.45, 2.75) is 18.9 Å². The van der Waals surface area contributed by atoms with Gasteiger partial charge in [-0.05, 0) is 18.8 Å². The first-order valence-corrected chi connectivity index (χ1v) is 5.72. The molecule has 0 aromatic heterocycles. The molecule has 1 rings (SSSR count). The van der Waals surface area contributed by atoms with Crippen molar-refractivity contribution in [3.63, 3.8) is 0 Å². The lowest BCUT2D eigenvalue weighted by atomic mass is 10.0. The molecule has 0 aliphatic carbocycles. The van der Waals surface area contributed by atoms with Crippen LogP contribution >= 0.6 is 12.4 Å². The van der Waals surface area contributed by atoms with E-state index in [2.05, 4.69) is 0 Å². The predicted molar refractivity (Wildman–Crippen MR) is 68.3 cm³/mol. The lowest BCUT2D eigenvalue weighted by Gasteiger charge is -2.28. The Hall–Kier alpha value is -0.360. The van der Waals surface area contributed by atoms with Crippen LogP contribution in [0, 0.1) is 5.92 Å². The SMILES string of the molecule is COCC(N)C(=O)N(C)CC1CCCOC1.Cl. The number of hydrogen-bond donors (Lipinski definition) is 1. The molecule has 2 atom stereocenters. The molecule has 1 amide bonds. The van der Waals surface area contributed by atoms with E-state index in [0.717, 1.165) is 32.6 Å². The molecular formula is C11H23ClN2O3. The lowest BCUT2D eigenvalue weighted by Crippen LogP contribution is -2.46. The second kappa shape index (κ2) is 8.69. The average Bonchev–Trinajstić information content (AvgIpc) is 2.29. The molecule has 0 aromatic rings. The highest BCUT2D eigenvalue weighted by atomic mass is 35.5. The molecule has 2 N–H and O–H groups in total. The minimum atomic E-state index is -0.556. The summed E-state index contributed by atoms with van der Waals surface area (Å²) in [6.45, 7) is 2.58. The summed E-state index contributed by atoms with van der Waals surface area (Å²) >= 11 is 0. The van der Waals surface area contributed by atoms with Gasteiger partial charge in [0.2, 0.25) is 5.91 Å². The van der Waals surface area contributed by atoms with Crippen molar-refractivity contribution < 1.29 is 14.3 Å². The van der Waals surface area contributed by atoms with Gasteiger partial charge in [0, 0.05) is 27.3 Å². The van der Waals surface area contributed by atoms with Gasteiger partial charge in [-0.25, -0.2) is 0 Å². The first-order valence-electron chi connectivity index (χ1n) is 5.72. The summed E-state index contributed by atoms with van der Waals surface area (Å²) in [5, 5.41) is 0. The van der Waals surface area contributed by atoms with Crippen LogP contribution in [-0.2, 0) is 14.3 Å². The zero-order chi connectivity index (χ0) is 12.0. The average molecular weight is 267 g/mol. The van der Waals surface area contributed by atoms with Crippen molar-refractivity contribution in [1.29, 1.82) is 0 Å². The Labute approximate surface area is 109 Å². The van der Waals surface area contributed by atoms with Gasteiger partial charge in [-0.2, -0.15) is 0 Å². The molecule has 1 aliphatic heterocycles. The molecule has 6 heteroatoms. The Morgan fingerprint density at radius 3 is 2.88 bits per heavy atom. The van der Waals surface area contributed by atoms with E-state index in [0.29, 0.717) is 5.92 Å². The summed E-state index contributed by atoms with van der Waals surface area (Å²) in [5.74, 6) is 0.380. The van der Waals surface area contributed by atoms with Crippen LogP contribution in [0.1, 0.15) is 12.8 Å². The van der Waals surface area contributed by atoms with Crippen molar-refractivity contribution in [2.75, 3.05) is 40.5 Å². The topological polar surface area (TPSA) is 64.8 Å². The van der Waals surface area contributed by atoms with Gasteiger partial charge in [0.15, 0.2) is 0 Å². The molecule has 1 heterocycles. The number of nitrogens with zero attached hydrogens (tertiary/aromatic N) is 1. The summed E-state index contributed by atoms with van der Waals surface area (Å²) < 4.78 is 10.2. The highest BCUT2D eigenvalue weighted by Crippen LogP contribution is 2.14. The van der Waals surface area contributed by atoms with Crippen LogP contribution in [0.4, 0.5) is 0 Å². The van der Waals surface area contributed by atoms with Gasteiger partial charge in [-0.3, -0.25) is 4.79 Å². The third kappa shape index (κ3) is 5.68. The summed E-state index contributed by atoms with van der Waals surface area (Å²) in [4.78, 5) is 13.5. The lowest BCUT2D eigenvalue weighted by molar-refractivity contribution is -0.133. The third-order valence-electron chi connectivity index (χ3n) is 2.83. The molecule has 1 saturated heterocycles. The molecule has 0 radical (unpaired) electrons. The second-order valence-electron chi connectivity index (χ2n) is 4.36. The van der Waals surface area contributed by atoms with Crippen LogP contribution < -0.4 is 5.73 Å². The number of methoxy groups -OCH3 is 1. The maximum Gasteiger partial charge on any atom is 0.241 e. The summed E-state index contributed by atoms with van der Waals surface area (Å²) in [7, 11) is 3.33. The standard InChI is InChI=1S/C11H22N2O3.ClH/c1-13(11(14)10(12)8-15-2)6-9-4-3-5-16-7-9;/h9-10H,3-8,12H2,1-2H3;1H. The second-order valence-corrected chi connectivity index (χ2v) is 4.36. The van der Waals surface area contributed by atoms with Crippen LogP contribution in [0.2, 0.25) is 0 Å². The van der Waals surface area contributed by atoms with E-state index in [9.17, 15) is 4.79 Å². The Bertz CT molecular complexity index is 223. The van der Waals surface area contributed by atoms with Crippen LogP contribution in [0.5, 0.6) is 0 Å². The minimum Gasteiger partial charge on any atom is -0.383 e. The molecule has 0 saturated carbocycles. The monoisotopic (exact) mass is 266 g/mol. The molecule has 1 fully saturated rings. The maximum atomic E-state index is 11.8. The number of rotatable bonds is 5. The number of halogens is 1. The number of amides is 1. The molecule has 1 aliphatic rings. The van der Waals surface area contributed by atoms with E-state index in [1.807, 2.05) is 0 Å². The Kier molecular flexibility index (Phi) is 8.51. The molecule has 0 spiro atoms. The van der Waals surface area contributed by atoms with E-state index in [-0.39, 0.29) is 24.9 Å². The van der Waals surface area contributed by atoms with Gasteiger partial charge in [-0.15, -0.1) is 12.4 Å². The van der Waals surface area contributed by atoms with Crippen molar-refractivity contribution in [3.05, 3.63) is 0 Å². The third-order valence-corrected chi connectivity index (χ3v) is 2.83. The zero-order valence-electron chi connectivity index (χ0n) is 10.6. The molecule has 0 aromatic carbocycles. The Morgan fingerprint density at radius 2 is 2.35 bits per heavy atom. The Morgan fingerprint density at radius 1 is 1.65 bits per heavy atom. The van der Waals surface area contributed by atoms with E-state index in [1.54, 1.807) is 19.1 Å². The van der Waals surface area contributed by atoms with Crippen molar-refractivity contribution in [3.8, 4) is 0 Å². The first-order chi connectivity index (χ1) is 7.65. The van der Waals surface area contributed by atoms with Crippen LogP contribution in [0.3, 0.4) is 0 Å². The quantitative estimate of drug-likeness (QED) is 0.776. The summed E-state index contributed by atoms with van der Waals surface area (Å²) in [6, 6.07) is -0.556. The van der Waals surface area contributed by atoms with Gasteiger partial charge in [0.25, 0.3) is 0 Å². The van der Waals surface area contributed by atoms with Crippen LogP contribution in [-0.4, -0.2) is 57.4 Å². The highest BCUT2D eigenvalue weighted by molar-refractivity contribution is 5.85. The van der Waals surface area contributed by atoms with E-state index in [4.69, 9.17) is 15.2 Å². The molecule has 102 valence electrons.